The molecule has 2 aliphatic heterocycles. The third-order valence-electron chi connectivity index (χ3n) is 16.8. The van der Waals surface area contributed by atoms with Gasteiger partial charge < -0.3 is 58.7 Å². The molecule has 0 spiro atoms. The van der Waals surface area contributed by atoms with Crippen LogP contribution in [0.2, 0.25) is 0 Å². The van der Waals surface area contributed by atoms with Crippen LogP contribution in [0.15, 0.2) is 140 Å². The number of rotatable bonds is 52. The average Bonchev–Trinajstić information content (AvgIpc) is 0.761. The molecule has 596 valence electrons. The van der Waals surface area contributed by atoms with E-state index in [0.717, 1.165) is 30.8 Å². The number of benzene rings is 6. The highest BCUT2D eigenvalue weighted by Gasteiger charge is 2.32. The Kier molecular flexibility index (Phi) is 35.7. The van der Waals surface area contributed by atoms with Gasteiger partial charge in [0, 0.05) is 105 Å². The molecule has 0 radical (unpaired) electrons. The molecule has 0 saturated heterocycles. The molecule has 109 heavy (non-hydrogen) atoms. The third-order valence-corrected chi connectivity index (χ3v) is 24.5. The fourth-order valence-electron chi connectivity index (χ4n) is 11.4. The second-order valence-electron chi connectivity index (χ2n) is 25.4. The second kappa shape index (κ2) is 43.9. The highest BCUT2D eigenvalue weighted by Crippen LogP contribution is 2.50. The number of phosphoric ester groups is 4. The van der Waals surface area contributed by atoms with Crippen molar-refractivity contribution in [3.05, 3.63) is 153 Å². The normalized spacial score (nSPS) is 15.3. The predicted molar refractivity (Wildman–Crippen MR) is 414 cm³/mol. The minimum Gasteiger partial charge on any atom is -0.508 e. The van der Waals surface area contributed by atoms with E-state index in [-0.39, 0.29) is 85.0 Å². The number of carbonyl (C=O) groups excluding carboxylic acids is 2. The number of phenols is 2. The van der Waals surface area contributed by atoms with Gasteiger partial charge in [-0.2, -0.15) is 0 Å². The molecule has 4 aromatic carbocycles. The maximum Gasteiger partial charge on any atom is 0.499 e. The molecule has 2 aliphatic carbocycles. The number of nitrogens with one attached hydrogen (secondary N) is 2. The zero-order valence-electron chi connectivity index (χ0n) is 60.3. The lowest BCUT2D eigenvalue weighted by Crippen LogP contribution is -2.24. The molecule has 2 heterocycles. The fourth-order valence-corrected chi connectivity index (χ4v) is 17.5. The zero-order valence-corrected chi connectivity index (χ0v) is 66.4. The van der Waals surface area contributed by atoms with Gasteiger partial charge in [0.2, 0.25) is 0 Å². The van der Waals surface area contributed by atoms with Crippen LogP contribution in [0.25, 0.3) is 66.8 Å². The zero-order chi connectivity index (χ0) is 78.5. The molecular formula is C72H93N2O28P5S2. The molecule has 37 heteroatoms. The van der Waals surface area contributed by atoms with Gasteiger partial charge in [0.1, 0.15) is 34.2 Å². The van der Waals surface area contributed by atoms with Crippen LogP contribution in [0.3, 0.4) is 0 Å². The number of carbonyl (C=O) groups is 2. The highest BCUT2D eigenvalue weighted by molar-refractivity contribution is 8.76. The summed E-state index contributed by atoms with van der Waals surface area (Å²) in [5, 5.41) is 27.3. The molecular weight excluding hydrogens is 1560 g/mol. The van der Waals surface area contributed by atoms with E-state index in [1.807, 2.05) is 21.6 Å². The molecule has 0 bridgehead atoms. The summed E-state index contributed by atoms with van der Waals surface area (Å²) in [4.78, 5) is 109. The Bertz CT molecular complexity index is 4590. The van der Waals surface area contributed by atoms with E-state index >= 15 is 0 Å². The molecule has 0 aromatic heterocycles. The maximum absolute atomic E-state index is 13.6. The average molecular weight is 1650 g/mol. The van der Waals surface area contributed by atoms with E-state index < -0.39 is 115 Å². The smallest absolute Gasteiger partial charge is 0.499 e. The van der Waals surface area contributed by atoms with Gasteiger partial charge in [0.25, 0.3) is 11.8 Å². The van der Waals surface area contributed by atoms with Crippen molar-refractivity contribution >= 4 is 94.2 Å². The molecule has 7 atom stereocenters. The van der Waals surface area contributed by atoms with Crippen LogP contribution in [0.4, 0.5) is 0 Å². The monoisotopic (exact) mass is 1650 g/mol. The summed E-state index contributed by atoms with van der Waals surface area (Å²) < 4.78 is 122. The summed E-state index contributed by atoms with van der Waals surface area (Å²) in [5.41, 5.74) is 4.40. The summed E-state index contributed by atoms with van der Waals surface area (Å²) in [6.45, 7) is -0.782. The summed E-state index contributed by atoms with van der Waals surface area (Å²) in [5.74, 6) is -0.0586. The summed E-state index contributed by atoms with van der Waals surface area (Å²) in [7, 11) is -20.1. The van der Waals surface area contributed by atoms with Crippen molar-refractivity contribution in [2.24, 2.45) is 11.8 Å². The number of hydrogen-bond donors (Lipinski definition) is 9. The standard InChI is InChI=1S/C72H93N2O28P5S2/c1-3-5-6-14-39-108-109-40-15-8-7-13-34-93-105(85,86)94-35-36-95-106(87,88)98-48-51(18-9-11-32-73-71(79)55-22-16-20-53(41-55)69-61-28-24-57(75)43-65(61)100-66-44-58(76)25-29-62(66)69)47-96-103(81,82)38-37-91-102-107(89,90)99-50-52(49-97-104(83,84)92-4-2)19-10-12-33-74-72(80)56-23-17-21-54(42-56)70-63-30-26-59(77)45-67(63)101-68-46-60(78)27-31-64(68)70/h16-17,20-31,41-46,51-52,75,77H,3-15,18-19,32-40,47-50H2,1-2H3,(H,73,79)(H,74,80)(H,81,82)(H,83,84)(H,85,86)(H,87,88)(H,89,90). The number of unbranched alkanes of at least 4 members (excludes halogenated alkanes) is 8. The fraction of sp³-hybridized carbons (Fsp3) is 0.444. The molecule has 7 unspecified atom stereocenters. The lowest BCUT2D eigenvalue weighted by Gasteiger charge is -2.21. The summed E-state index contributed by atoms with van der Waals surface area (Å²) in [6, 6.07) is 31.4. The first-order valence-electron chi connectivity index (χ1n) is 35.6. The van der Waals surface area contributed by atoms with Crippen LogP contribution in [-0.4, -0.2) is 137 Å². The van der Waals surface area contributed by atoms with Gasteiger partial charge >= 0.3 is 38.9 Å². The number of amides is 2. The van der Waals surface area contributed by atoms with Gasteiger partial charge in [-0.3, -0.25) is 55.4 Å². The number of fused-ring (bicyclic) bond motifs is 4. The van der Waals surface area contributed by atoms with Crippen molar-refractivity contribution in [1.29, 1.82) is 0 Å². The van der Waals surface area contributed by atoms with Crippen LogP contribution in [0.1, 0.15) is 124 Å². The first kappa shape index (κ1) is 88.6. The van der Waals surface area contributed by atoms with Gasteiger partial charge in [-0.05, 0) is 136 Å². The Labute approximate surface area is 638 Å². The predicted octanol–water partition coefficient (Wildman–Crippen LogP) is 15.8. The first-order valence-corrected chi connectivity index (χ1v) is 45.9. The number of hydrogen-bond acceptors (Lipinski definition) is 25. The summed E-state index contributed by atoms with van der Waals surface area (Å²) >= 11 is 0. The number of aromatic hydroxyl groups is 2. The number of phenolic OH excluding ortho intramolecular Hbond substituents is 2. The van der Waals surface area contributed by atoms with Crippen LogP contribution in [0, 0.1) is 11.8 Å². The SMILES string of the molecule is CCCCCCSSCCCCCCOP(=O)(O)OCCOP(=O)(O)OCC(CCCCNC(=O)c1cccc(-c2c3ccc(=O)cc-3oc3cc(O)ccc23)c1)COP(=O)(O)CCOOP(=O)(O)OCC(CCCCNC(=O)c1cccc(-c2c3ccc(=O)cc-3oc3cc(O)ccc23)c1)COP(=O)(O)OCC. The second-order valence-corrected chi connectivity index (χ2v) is 35.8. The van der Waals surface area contributed by atoms with Crippen LogP contribution in [-0.2, 0) is 68.6 Å². The lowest BCUT2D eigenvalue weighted by molar-refractivity contribution is -0.220. The molecule has 2 amide bonds. The Morgan fingerprint density at radius 1 is 0.459 bits per heavy atom. The third kappa shape index (κ3) is 30.2. The van der Waals surface area contributed by atoms with Gasteiger partial charge in [-0.25, -0.2) is 23.1 Å². The molecule has 0 fully saturated rings. The first-order chi connectivity index (χ1) is 52.1. The van der Waals surface area contributed by atoms with Crippen molar-refractivity contribution in [2.45, 2.75) is 104 Å². The molecule has 9 N–H and O–H groups in total. The molecule has 0 saturated carbocycles. The van der Waals surface area contributed by atoms with E-state index in [1.165, 1.54) is 81.1 Å². The summed E-state index contributed by atoms with van der Waals surface area (Å²) in [6.07, 6.45) is 8.75. The highest BCUT2D eigenvalue weighted by atomic mass is 33.1. The quantitative estimate of drug-likeness (QED) is 0.00427. The van der Waals surface area contributed by atoms with Gasteiger partial charge in [0.15, 0.2) is 10.9 Å². The van der Waals surface area contributed by atoms with Crippen molar-refractivity contribution in [3.63, 3.8) is 0 Å². The molecule has 8 rings (SSSR count). The van der Waals surface area contributed by atoms with Crippen LogP contribution >= 0.6 is 60.5 Å². The van der Waals surface area contributed by atoms with Crippen molar-refractivity contribution in [3.8, 4) is 56.4 Å². The minimum absolute atomic E-state index is 0.0473. The van der Waals surface area contributed by atoms with E-state index in [0.29, 0.717) is 86.6 Å². The molecule has 30 nitrogen and oxygen atoms in total. The lowest BCUT2D eigenvalue weighted by atomic mass is 9.92. The van der Waals surface area contributed by atoms with Gasteiger partial charge in [-0.15, -0.1) is 4.67 Å². The van der Waals surface area contributed by atoms with Gasteiger partial charge in [0.05, 0.1) is 65.6 Å². The van der Waals surface area contributed by atoms with Crippen molar-refractivity contribution in [2.75, 3.05) is 90.2 Å². The Morgan fingerprint density at radius 3 is 1.40 bits per heavy atom. The van der Waals surface area contributed by atoms with Crippen LogP contribution in [0.5, 0.6) is 11.5 Å². The van der Waals surface area contributed by atoms with E-state index in [9.17, 15) is 76.7 Å². The topological polar surface area (TPSA) is 438 Å². The van der Waals surface area contributed by atoms with Gasteiger partial charge in [-0.1, -0.05) is 97.7 Å². The molecule has 4 aliphatic rings. The van der Waals surface area contributed by atoms with E-state index in [2.05, 4.69) is 22.2 Å². The van der Waals surface area contributed by atoms with Crippen molar-refractivity contribution in [1.82, 2.24) is 10.6 Å². The largest absolute Gasteiger partial charge is 0.508 e. The molecule has 4 aromatic rings. The Balaban J connectivity index is 0.801. The maximum atomic E-state index is 13.6. The minimum atomic E-state index is -5.13. The van der Waals surface area contributed by atoms with E-state index in [1.54, 1.807) is 72.8 Å². The Morgan fingerprint density at radius 2 is 0.908 bits per heavy atom. The van der Waals surface area contributed by atoms with E-state index in [4.69, 9.17) is 49.9 Å². The number of phosphoric acid groups is 4. The van der Waals surface area contributed by atoms with Crippen molar-refractivity contribution < 1.29 is 122 Å². The van der Waals surface area contributed by atoms with Crippen LogP contribution < -0.4 is 21.5 Å². The Hall–Kier alpha value is -5.95.